The van der Waals surface area contributed by atoms with Gasteiger partial charge in [0.25, 0.3) is 0 Å². The van der Waals surface area contributed by atoms with Crippen molar-refractivity contribution < 1.29 is 22.3 Å². The molecule has 1 aliphatic rings. The average Bonchev–Trinajstić information content (AvgIpc) is 3.56. The maximum atomic E-state index is 12.4. The van der Waals surface area contributed by atoms with Crippen molar-refractivity contribution in [3.05, 3.63) is 95.1 Å². The Morgan fingerprint density at radius 3 is 2.44 bits per heavy atom. The van der Waals surface area contributed by atoms with Gasteiger partial charge in [-0.3, -0.25) is 4.90 Å². The highest BCUT2D eigenvalue weighted by Crippen LogP contribution is 2.31. The number of fused-ring (bicyclic) bond motifs is 1. The Morgan fingerprint density at radius 1 is 0.923 bits per heavy atom. The molecule has 0 unspecified atom stereocenters. The van der Waals surface area contributed by atoms with Gasteiger partial charge in [-0.05, 0) is 66.9 Å². The van der Waals surface area contributed by atoms with E-state index in [1.54, 1.807) is 23.5 Å². The van der Waals surface area contributed by atoms with Gasteiger partial charge in [0.05, 0.1) is 16.6 Å². The summed E-state index contributed by atoms with van der Waals surface area (Å²) in [7, 11) is 0. The van der Waals surface area contributed by atoms with E-state index in [4.69, 9.17) is 9.40 Å². The lowest BCUT2D eigenvalue weighted by Crippen LogP contribution is -2.32. The molecular weight excluding hydrogens is 525 g/mol. The van der Waals surface area contributed by atoms with Gasteiger partial charge in [0.15, 0.2) is 0 Å². The van der Waals surface area contributed by atoms with Crippen LogP contribution in [0.1, 0.15) is 41.1 Å². The third-order valence-corrected chi connectivity index (χ3v) is 7.84. The first kappa shape index (κ1) is 25.5. The van der Waals surface area contributed by atoms with E-state index in [0.717, 1.165) is 52.3 Å². The van der Waals surface area contributed by atoms with E-state index in [2.05, 4.69) is 50.2 Å². The number of thiazole rings is 1. The molecule has 0 N–H and O–H groups in total. The Morgan fingerprint density at radius 2 is 1.69 bits per heavy atom. The largest absolute Gasteiger partial charge is 0.573 e. The van der Waals surface area contributed by atoms with Gasteiger partial charge >= 0.3 is 6.36 Å². The lowest BCUT2D eigenvalue weighted by Gasteiger charge is -2.30. The minimum atomic E-state index is -4.68. The van der Waals surface area contributed by atoms with Gasteiger partial charge in [-0.2, -0.15) is 0 Å². The molecule has 200 valence electrons. The zero-order valence-electron chi connectivity index (χ0n) is 20.9. The number of hydrogen-bond acceptors (Lipinski definition) is 7. The summed E-state index contributed by atoms with van der Waals surface area (Å²) in [5, 5.41) is 9.55. The van der Waals surface area contributed by atoms with Crippen LogP contribution in [0.2, 0.25) is 0 Å². The molecular formula is C29H25F3N4O2S. The summed E-state index contributed by atoms with van der Waals surface area (Å²) in [6.45, 7) is 2.34. The Hall–Kier alpha value is -3.76. The van der Waals surface area contributed by atoms with Crippen LogP contribution in [-0.2, 0) is 13.0 Å². The van der Waals surface area contributed by atoms with E-state index in [1.165, 1.54) is 17.7 Å². The maximum absolute atomic E-state index is 12.4. The predicted molar refractivity (Wildman–Crippen MR) is 143 cm³/mol. The van der Waals surface area contributed by atoms with Crippen LogP contribution in [0.4, 0.5) is 13.2 Å². The van der Waals surface area contributed by atoms with Gasteiger partial charge in [0, 0.05) is 12.5 Å². The van der Waals surface area contributed by atoms with Crippen LogP contribution in [0.3, 0.4) is 0 Å². The summed E-state index contributed by atoms with van der Waals surface area (Å²) in [6.07, 6.45) is -2.43. The summed E-state index contributed by atoms with van der Waals surface area (Å²) < 4.78 is 48.2. The zero-order chi connectivity index (χ0) is 26.8. The van der Waals surface area contributed by atoms with Crippen molar-refractivity contribution in [1.82, 2.24) is 20.1 Å². The number of nitrogens with zero attached hydrogens (tertiary/aromatic N) is 4. The summed E-state index contributed by atoms with van der Waals surface area (Å²) >= 11 is 1.64. The van der Waals surface area contributed by atoms with Crippen LogP contribution in [-0.4, -0.2) is 39.5 Å². The Bertz CT molecular complexity index is 1540. The summed E-state index contributed by atoms with van der Waals surface area (Å²) in [5.74, 6) is 1.20. The molecule has 6 nitrogen and oxygen atoms in total. The second-order valence-corrected chi connectivity index (χ2v) is 10.7. The van der Waals surface area contributed by atoms with Crippen molar-refractivity contribution in [1.29, 1.82) is 0 Å². The highest BCUT2D eigenvalue weighted by atomic mass is 32.1. The van der Waals surface area contributed by atoms with Crippen LogP contribution >= 0.6 is 11.3 Å². The molecule has 0 bridgehead atoms. The van der Waals surface area contributed by atoms with E-state index in [0.29, 0.717) is 24.7 Å². The second kappa shape index (κ2) is 10.8. The topological polar surface area (TPSA) is 64.3 Å². The minimum absolute atomic E-state index is 0.189. The van der Waals surface area contributed by atoms with Crippen LogP contribution in [0, 0.1) is 0 Å². The van der Waals surface area contributed by atoms with Gasteiger partial charge in [-0.1, -0.05) is 48.5 Å². The molecule has 2 aromatic heterocycles. The number of ether oxygens (including phenoxy) is 1. The van der Waals surface area contributed by atoms with E-state index < -0.39 is 6.36 Å². The fraction of sp³-hybridized carbons (Fsp3) is 0.276. The summed E-state index contributed by atoms with van der Waals surface area (Å²) in [6, 6.07) is 22.6. The van der Waals surface area contributed by atoms with E-state index in [-0.39, 0.29) is 11.7 Å². The molecule has 3 heterocycles. The number of piperidine rings is 1. The zero-order valence-corrected chi connectivity index (χ0v) is 21.7. The maximum Gasteiger partial charge on any atom is 0.573 e. The van der Waals surface area contributed by atoms with Gasteiger partial charge in [0.2, 0.25) is 11.8 Å². The number of hydrogen-bond donors (Lipinski definition) is 0. The van der Waals surface area contributed by atoms with Gasteiger partial charge in [0.1, 0.15) is 10.8 Å². The predicted octanol–water partition coefficient (Wildman–Crippen LogP) is 7.22. The molecule has 6 rings (SSSR count). The number of benzene rings is 3. The van der Waals surface area contributed by atoms with Gasteiger partial charge < -0.3 is 9.15 Å². The van der Waals surface area contributed by atoms with Crippen LogP contribution in [0.15, 0.2) is 77.2 Å². The minimum Gasteiger partial charge on any atom is -0.425 e. The average molecular weight is 551 g/mol. The SMILES string of the molecule is FC(F)(F)Oc1ccc(CN2CCC(c3nnc(Cc4nc5ccc(-c6ccccc6)cc5s4)o3)CC2)cc1. The molecule has 0 amide bonds. The van der Waals surface area contributed by atoms with Crippen LogP contribution in [0.25, 0.3) is 21.3 Å². The molecule has 0 spiro atoms. The molecule has 0 saturated carbocycles. The van der Waals surface area contributed by atoms with E-state index in [1.807, 2.05) is 18.2 Å². The molecule has 39 heavy (non-hydrogen) atoms. The fourth-order valence-corrected chi connectivity index (χ4v) is 5.88. The van der Waals surface area contributed by atoms with Crippen molar-refractivity contribution in [2.45, 2.75) is 38.1 Å². The monoisotopic (exact) mass is 550 g/mol. The fourth-order valence-electron chi connectivity index (χ4n) is 4.88. The van der Waals surface area contributed by atoms with Crippen molar-refractivity contribution in [2.75, 3.05) is 13.1 Å². The Labute approximate surface area is 227 Å². The molecule has 0 radical (unpaired) electrons. The molecule has 5 aromatic rings. The number of halogens is 3. The third-order valence-electron chi connectivity index (χ3n) is 6.82. The smallest absolute Gasteiger partial charge is 0.425 e. The van der Waals surface area contributed by atoms with Gasteiger partial charge in [-0.25, -0.2) is 4.98 Å². The molecule has 3 aromatic carbocycles. The summed E-state index contributed by atoms with van der Waals surface area (Å²) in [5.41, 5.74) is 4.24. The molecule has 0 atom stereocenters. The quantitative estimate of drug-likeness (QED) is 0.213. The van der Waals surface area contributed by atoms with Crippen molar-refractivity contribution >= 4 is 21.6 Å². The second-order valence-electron chi connectivity index (χ2n) is 9.61. The van der Waals surface area contributed by atoms with Crippen LogP contribution in [0.5, 0.6) is 5.75 Å². The molecule has 1 saturated heterocycles. The highest BCUT2D eigenvalue weighted by molar-refractivity contribution is 7.18. The lowest BCUT2D eigenvalue weighted by atomic mass is 9.96. The first-order valence-electron chi connectivity index (χ1n) is 12.7. The first-order chi connectivity index (χ1) is 18.9. The molecule has 0 aliphatic carbocycles. The van der Waals surface area contributed by atoms with E-state index >= 15 is 0 Å². The van der Waals surface area contributed by atoms with E-state index in [9.17, 15) is 13.2 Å². The Balaban J connectivity index is 1.04. The number of rotatable bonds is 7. The van der Waals surface area contributed by atoms with Crippen molar-refractivity contribution in [3.63, 3.8) is 0 Å². The summed E-state index contributed by atoms with van der Waals surface area (Å²) in [4.78, 5) is 7.03. The molecule has 1 fully saturated rings. The van der Waals surface area contributed by atoms with Crippen molar-refractivity contribution in [3.8, 4) is 16.9 Å². The Kier molecular flexibility index (Phi) is 7.05. The normalized spacial score (nSPS) is 15.2. The lowest BCUT2D eigenvalue weighted by molar-refractivity contribution is -0.274. The molecule has 1 aliphatic heterocycles. The van der Waals surface area contributed by atoms with Crippen LogP contribution < -0.4 is 4.74 Å². The number of aromatic nitrogens is 3. The number of likely N-dealkylation sites (tertiary alicyclic amines) is 1. The third kappa shape index (κ3) is 6.29. The first-order valence-corrected chi connectivity index (χ1v) is 13.5. The number of alkyl halides is 3. The van der Waals surface area contributed by atoms with Crippen molar-refractivity contribution in [2.24, 2.45) is 0 Å². The standard InChI is InChI=1S/C29H25F3N4O2S/c30-29(31,32)38-23-9-6-19(7-10-23)18-36-14-12-21(13-15-36)28-35-34-26(37-28)17-27-33-24-11-8-22(16-25(24)39-27)20-4-2-1-3-5-20/h1-11,16,21H,12-15,17-18H2. The van der Waals surface area contributed by atoms with Gasteiger partial charge in [-0.15, -0.1) is 34.7 Å². The molecule has 10 heteroatoms. The highest BCUT2D eigenvalue weighted by Gasteiger charge is 2.31.